The molecule has 2 aromatic rings. The first-order valence-electron chi connectivity index (χ1n) is 7.73. The molecule has 0 aliphatic rings. The molecule has 0 heterocycles. The predicted molar refractivity (Wildman–Crippen MR) is 90.6 cm³/mol. The predicted octanol–water partition coefficient (Wildman–Crippen LogP) is 2.40. The van der Waals surface area contributed by atoms with Crippen LogP contribution < -0.4 is 10.1 Å². The van der Waals surface area contributed by atoms with Gasteiger partial charge in [-0.05, 0) is 42.7 Å². The van der Waals surface area contributed by atoms with E-state index in [9.17, 15) is 9.90 Å². The van der Waals surface area contributed by atoms with Crippen LogP contribution in [0.25, 0.3) is 0 Å². The second kappa shape index (κ2) is 8.34. The van der Waals surface area contributed by atoms with Crippen LogP contribution in [-0.2, 0) is 11.2 Å². The van der Waals surface area contributed by atoms with Gasteiger partial charge in [-0.3, -0.25) is 4.79 Å². The van der Waals surface area contributed by atoms with Gasteiger partial charge in [-0.2, -0.15) is 0 Å². The van der Waals surface area contributed by atoms with Gasteiger partial charge >= 0.3 is 0 Å². The molecule has 2 aromatic carbocycles. The van der Waals surface area contributed by atoms with E-state index in [0.29, 0.717) is 6.42 Å². The first kappa shape index (κ1) is 17.0. The van der Waals surface area contributed by atoms with E-state index < -0.39 is 6.10 Å². The zero-order valence-electron chi connectivity index (χ0n) is 13.6. The number of aliphatic hydroxyl groups excluding tert-OH is 1. The molecule has 2 rings (SSSR count). The summed E-state index contributed by atoms with van der Waals surface area (Å²) in [7, 11) is 0. The maximum atomic E-state index is 11.9. The van der Waals surface area contributed by atoms with Gasteiger partial charge < -0.3 is 15.2 Å². The van der Waals surface area contributed by atoms with E-state index in [1.807, 2.05) is 62.4 Å². The van der Waals surface area contributed by atoms with Crippen molar-refractivity contribution in [2.45, 2.75) is 26.4 Å². The fourth-order valence-corrected chi connectivity index (χ4v) is 2.23. The van der Waals surface area contributed by atoms with Crippen LogP contribution in [0.1, 0.15) is 16.7 Å². The number of hydrogen-bond acceptors (Lipinski definition) is 3. The highest BCUT2D eigenvalue weighted by molar-refractivity contribution is 5.78. The van der Waals surface area contributed by atoms with Crippen LogP contribution in [0.3, 0.4) is 0 Å². The average Bonchev–Trinajstić information content (AvgIpc) is 2.53. The van der Waals surface area contributed by atoms with Gasteiger partial charge in [0, 0.05) is 6.54 Å². The zero-order valence-corrected chi connectivity index (χ0v) is 13.6. The lowest BCUT2D eigenvalue weighted by Crippen LogP contribution is -2.36. The Balaban J connectivity index is 1.72. The van der Waals surface area contributed by atoms with Crippen molar-refractivity contribution < 1.29 is 14.6 Å². The number of nitrogens with one attached hydrogen (secondary N) is 1. The molecule has 0 aliphatic carbocycles. The maximum Gasteiger partial charge on any atom is 0.224 e. The minimum atomic E-state index is -0.740. The van der Waals surface area contributed by atoms with E-state index in [2.05, 4.69) is 5.32 Å². The third kappa shape index (κ3) is 5.75. The van der Waals surface area contributed by atoms with Crippen molar-refractivity contribution in [3.05, 3.63) is 65.2 Å². The smallest absolute Gasteiger partial charge is 0.224 e. The molecule has 0 fully saturated rings. The second-order valence-electron chi connectivity index (χ2n) is 5.69. The summed E-state index contributed by atoms with van der Waals surface area (Å²) in [6.07, 6.45) is -0.422. The highest BCUT2D eigenvalue weighted by Crippen LogP contribution is 2.12. The number of rotatable bonds is 7. The summed E-state index contributed by atoms with van der Waals surface area (Å²) in [5.41, 5.74) is 3.19. The molecule has 4 nitrogen and oxygen atoms in total. The Morgan fingerprint density at radius 2 is 1.96 bits per heavy atom. The Hall–Kier alpha value is -2.33. The fraction of sp³-hybridized carbons (Fsp3) is 0.316. The molecular formula is C19H23NO3. The number of benzene rings is 2. The Morgan fingerprint density at radius 3 is 2.70 bits per heavy atom. The van der Waals surface area contributed by atoms with Gasteiger partial charge in [-0.1, -0.05) is 36.4 Å². The molecule has 0 saturated carbocycles. The minimum absolute atomic E-state index is 0.103. The van der Waals surface area contributed by atoms with Crippen LogP contribution in [0.2, 0.25) is 0 Å². The zero-order chi connectivity index (χ0) is 16.7. The Labute approximate surface area is 137 Å². The van der Waals surface area contributed by atoms with Gasteiger partial charge in [-0.25, -0.2) is 0 Å². The maximum absolute atomic E-state index is 11.9. The number of aliphatic hydroxyl groups is 1. The average molecular weight is 313 g/mol. The molecule has 0 radical (unpaired) electrons. The van der Waals surface area contributed by atoms with E-state index >= 15 is 0 Å². The van der Waals surface area contributed by atoms with Crippen LogP contribution >= 0.6 is 0 Å². The van der Waals surface area contributed by atoms with Crippen molar-refractivity contribution in [2.75, 3.05) is 13.2 Å². The molecule has 0 spiro atoms. The minimum Gasteiger partial charge on any atom is -0.491 e. The lowest BCUT2D eigenvalue weighted by Gasteiger charge is -2.14. The monoisotopic (exact) mass is 313 g/mol. The highest BCUT2D eigenvalue weighted by atomic mass is 16.5. The molecule has 0 aromatic heterocycles. The number of ether oxygens (including phenoxy) is 1. The summed E-state index contributed by atoms with van der Waals surface area (Å²) in [6.45, 7) is 4.28. The lowest BCUT2D eigenvalue weighted by molar-refractivity contribution is -0.121. The standard InChI is InChI=1S/C19H23NO3/c1-14-6-5-9-18(10-14)23-13-17(21)12-20-19(22)11-16-8-4-3-7-15(16)2/h3-10,17,21H,11-13H2,1-2H3,(H,20,22). The largest absolute Gasteiger partial charge is 0.491 e. The van der Waals surface area contributed by atoms with Gasteiger partial charge in [0.05, 0.1) is 6.42 Å². The van der Waals surface area contributed by atoms with Crippen molar-refractivity contribution >= 4 is 5.91 Å². The molecule has 1 amide bonds. The number of hydrogen-bond donors (Lipinski definition) is 2. The highest BCUT2D eigenvalue weighted by Gasteiger charge is 2.09. The molecule has 0 bridgehead atoms. The molecule has 4 heteroatoms. The summed E-state index contributed by atoms with van der Waals surface area (Å²) in [5.74, 6) is 0.615. The third-order valence-corrected chi connectivity index (χ3v) is 3.58. The van der Waals surface area contributed by atoms with Crippen LogP contribution in [0.5, 0.6) is 5.75 Å². The molecular weight excluding hydrogens is 290 g/mol. The Bertz CT molecular complexity index is 655. The van der Waals surface area contributed by atoms with Crippen molar-refractivity contribution in [2.24, 2.45) is 0 Å². The van der Waals surface area contributed by atoms with Gasteiger partial charge in [0.2, 0.25) is 5.91 Å². The van der Waals surface area contributed by atoms with E-state index in [0.717, 1.165) is 22.4 Å². The van der Waals surface area contributed by atoms with Gasteiger partial charge in [-0.15, -0.1) is 0 Å². The second-order valence-corrected chi connectivity index (χ2v) is 5.69. The summed E-state index contributed by atoms with van der Waals surface area (Å²) in [4.78, 5) is 11.9. The van der Waals surface area contributed by atoms with Crippen LogP contribution in [0.4, 0.5) is 0 Å². The van der Waals surface area contributed by atoms with Crippen molar-refractivity contribution in [3.63, 3.8) is 0 Å². The number of aryl methyl sites for hydroxylation is 2. The Kier molecular flexibility index (Phi) is 6.18. The van der Waals surface area contributed by atoms with Crippen molar-refractivity contribution in [1.82, 2.24) is 5.32 Å². The van der Waals surface area contributed by atoms with E-state index in [-0.39, 0.29) is 19.1 Å². The van der Waals surface area contributed by atoms with Crippen molar-refractivity contribution in [3.8, 4) is 5.75 Å². The van der Waals surface area contributed by atoms with Crippen LogP contribution in [-0.4, -0.2) is 30.3 Å². The molecule has 0 saturated heterocycles. The number of carbonyl (C=O) groups excluding carboxylic acids is 1. The summed E-state index contributed by atoms with van der Waals surface area (Å²) >= 11 is 0. The number of carbonyl (C=O) groups is 1. The summed E-state index contributed by atoms with van der Waals surface area (Å²) in [6, 6.07) is 15.4. The van der Waals surface area contributed by atoms with Gasteiger partial charge in [0.15, 0.2) is 0 Å². The molecule has 122 valence electrons. The van der Waals surface area contributed by atoms with Gasteiger partial charge in [0.1, 0.15) is 18.5 Å². The summed E-state index contributed by atoms with van der Waals surface area (Å²) in [5, 5.41) is 12.6. The molecule has 1 atom stereocenters. The summed E-state index contributed by atoms with van der Waals surface area (Å²) < 4.78 is 5.52. The SMILES string of the molecule is Cc1cccc(OCC(O)CNC(=O)Cc2ccccc2C)c1. The van der Waals surface area contributed by atoms with Gasteiger partial charge in [0.25, 0.3) is 0 Å². The normalized spacial score (nSPS) is 11.8. The van der Waals surface area contributed by atoms with E-state index in [4.69, 9.17) is 4.74 Å². The molecule has 23 heavy (non-hydrogen) atoms. The van der Waals surface area contributed by atoms with E-state index in [1.165, 1.54) is 0 Å². The van der Waals surface area contributed by atoms with Crippen LogP contribution in [0.15, 0.2) is 48.5 Å². The number of amides is 1. The van der Waals surface area contributed by atoms with Crippen molar-refractivity contribution in [1.29, 1.82) is 0 Å². The van der Waals surface area contributed by atoms with Crippen LogP contribution in [0, 0.1) is 13.8 Å². The molecule has 0 aliphatic heterocycles. The quantitative estimate of drug-likeness (QED) is 0.825. The van der Waals surface area contributed by atoms with E-state index in [1.54, 1.807) is 0 Å². The first-order chi connectivity index (χ1) is 11.0. The topological polar surface area (TPSA) is 58.6 Å². The Morgan fingerprint density at radius 1 is 1.17 bits per heavy atom. The lowest BCUT2D eigenvalue weighted by atomic mass is 10.1. The fourth-order valence-electron chi connectivity index (χ4n) is 2.23. The molecule has 2 N–H and O–H groups in total. The molecule has 1 unspecified atom stereocenters. The first-order valence-corrected chi connectivity index (χ1v) is 7.73. The third-order valence-electron chi connectivity index (χ3n) is 3.58.